The van der Waals surface area contributed by atoms with Gasteiger partial charge in [-0.25, -0.2) is 0 Å². The molecule has 2 aliphatic heterocycles. The Morgan fingerprint density at radius 2 is 1.80 bits per heavy atom. The molecule has 5 rings (SSSR count). The number of hydrogen-bond donors (Lipinski definition) is 0. The average Bonchev–Trinajstić information content (AvgIpc) is 2.94. The lowest BCUT2D eigenvalue weighted by atomic mass is 9.96. The second kappa shape index (κ2) is 7.02. The van der Waals surface area contributed by atoms with Crippen LogP contribution in [0.25, 0.3) is 0 Å². The summed E-state index contributed by atoms with van der Waals surface area (Å²) in [6.45, 7) is 2.04. The molecule has 0 saturated heterocycles. The first-order valence-electron chi connectivity index (χ1n) is 9.94. The van der Waals surface area contributed by atoms with Gasteiger partial charge in [-0.3, -0.25) is 14.7 Å². The molecule has 5 heteroatoms. The molecule has 2 aliphatic rings. The number of benzene rings is 3. The van der Waals surface area contributed by atoms with Crippen molar-refractivity contribution in [3.05, 3.63) is 82.9 Å². The van der Waals surface area contributed by atoms with Crippen LogP contribution in [0.4, 0.5) is 11.4 Å². The van der Waals surface area contributed by atoms with Crippen LogP contribution in [0.15, 0.2) is 65.7 Å². The van der Waals surface area contributed by atoms with Crippen molar-refractivity contribution in [3.8, 4) is 11.5 Å². The Hall–Kier alpha value is -3.60. The predicted octanol–water partition coefficient (Wildman–Crippen LogP) is 5.24. The summed E-state index contributed by atoms with van der Waals surface area (Å²) < 4.78 is 11.0. The van der Waals surface area contributed by atoms with Gasteiger partial charge in [0.1, 0.15) is 0 Å². The Bertz CT molecular complexity index is 1180. The van der Waals surface area contributed by atoms with E-state index in [2.05, 4.69) is 12.1 Å². The molecule has 3 aromatic rings. The molecule has 0 radical (unpaired) electrons. The van der Waals surface area contributed by atoms with Gasteiger partial charge in [0.2, 0.25) is 0 Å². The number of amides is 1. The maximum Gasteiger partial charge on any atom is 0.263 e. The van der Waals surface area contributed by atoms with Gasteiger partial charge in [-0.2, -0.15) is 0 Å². The van der Waals surface area contributed by atoms with E-state index in [-0.39, 0.29) is 11.9 Å². The molecular weight excluding hydrogens is 376 g/mol. The average molecular weight is 398 g/mol. The van der Waals surface area contributed by atoms with E-state index in [0.717, 1.165) is 33.8 Å². The van der Waals surface area contributed by atoms with E-state index < -0.39 is 0 Å². The quantitative estimate of drug-likeness (QED) is 0.606. The van der Waals surface area contributed by atoms with E-state index in [9.17, 15) is 4.79 Å². The molecule has 0 spiro atoms. The smallest absolute Gasteiger partial charge is 0.263 e. The molecule has 0 N–H and O–H groups in total. The van der Waals surface area contributed by atoms with Crippen LogP contribution in [0.3, 0.4) is 0 Å². The highest BCUT2D eigenvalue weighted by molar-refractivity contribution is 6.17. The van der Waals surface area contributed by atoms with Crippen molar-refractivity contribution in [2.75, 3.05) is 19.1 Å². The first-order valence-corrected chi connectivity index (χ1v) is 9.94. The summed E-state index contributed by atoms with van der Waals surface area (Å²) in [5.74, 6) is 0.962. The zero-order chi connectivity index (χ0) is 20.8. The summed E-state index contributed by atoms with van der Waals surface area (Å²) in [6, 6.07) is 19.9. The largest absolute Gasteiger partial charge is 0.493 e. The Labute approximate surface area is 175 Å². The summed E-state index contributed by atoms with van der Waals surface area (Å²) in [7, 11) is 3.16. The third kappa shape index (κ3) is 2.70. The number of rotatable bonds is 3. The Balaban J connectivity index is 1.75. The van der Waals surface area contributed by atoms with Crippen LogP contribution in [-0.2, 0) is 0 Å². The van der Waals surface area contributed by atoms with Crippen LogP contribution in [-0.4, -0.2) is 25.8 Å². The summed E-state index contributed by atoms with van der Waals surface area (Å²) in [6.07, 6.45) is 0.617. The van der Waals surface area contributed by atoms with E-state index in [4.69, 9.17) is 14.5 Å². The van der Waals surface area contributed by atoms with E-state index in [1.807, 2.05) is 60.4 Å². The highest BCUT2D eigenvalue weighted by atomic mass is 16.5. The summed E-state index contributed by atoms with van der Waals surface area (Å²) in [5, 5.41) is 0. The Morgan fingerprint density at radius 1 is 1.00 bits per heavy atom. The lowest BCUT2D eigenvalue weighted by Gasteiger charge is -2.24. The number of aliphatic imine (C=N–C) groups is 1. The summed E-state index contributed by atoms with van der Waals surface area (Å²) in [4.78, 5) is 20.5. The van der Waals surface area contributed by atoms with Gasteiger partial charge >= 0.3 is 0 Å². The maximum absolute atomic E-state index is 13.7. The minimum Gasteiger partial charge on any atom is -0.493 e. The molecule has 5 nitrogen and oxygen atoms in total. The van der Waals surface area contributed by atoms with Crippen LogP contribution < -0.4 is 14.4 Å². The van der Waals surface area contributed by atoms with E-state index >= 15 is 0 Å². The number of carbonyl (C=O) groups is 1. The molecule has 0 fully saturated rings. The van der Waals surface area contributed by atoms with Crippen molar-refractivity contribution in [2.45, 2.75) is 19.4 Å². The molecule has 1 atom stereocenters. The lowest BCUT2D eigenvalue weighted by molar-refractivity contribution is 0.0989. The van der Waals surface area contributed by atoms with Crippen LogP contribution >= 0.6 is 0 Å². The number of nitrogens with zero attached hydrogens (tertiary/aromatic N) is 2. The first kappa shape index (κ1) is 18.4. The molecule has 150 valence electrons. The monoisotopic (exact) mass is 398 g/mol. The van der Waals surface area contributed by atoms with Gasteiger partial charge in [-0.15, -0.1) is 0 Å². The van der Waals surface area contributed by atoms with Crippen LogP contribution in [0.2, 0.25) is 0 Å². The van der Waals surface area contributed by atoms with Gasteiger partial charge in [-0.1, -0.05) is 42.5 Å². The first-order chi connectivity index (χ1) is 14.6. The summed E-state index contributed by atoms with van der Waals surface area (Å²) >= 11 is 0. The molecular formula is C25H22N2O3. The van der Waals surface area contributed by atoms with Crippen LogP contribution in [0.1, 0.15) is 39.5 Å². The van der Waals surface area contributed by atoms with Crippen molar-refractivity contribution < 1.29 is 14.3 Å². The van der Waals surface area contributed by atoms with Crippen molar-refractivity contribution in [1.82, 2.24) is 0 Å². The number of carbonyl (C=O) groups excluding carboxylic acids is 1. The maximum atomic E-state index is 13.7. The molecule has 0 aromatic heterocycles. The molecule has 0 bridgehead atoms. The van der Waals surface area contributed by atoms with E-state index in [0.29, 0.717) is 23.5 Å². The van der Waals surface area contributed by atoms with Crippen molar-refractivity contribution in [1.29, 1.82) is 0 Å². The number of fused-ring (bicyclic) bond motifs is 5. The van der Waals surface area contributed by atoms with Gasteiger partial charge < -0.3 is 9.47 Å². The molecule has 0 saturated carbocycles. The SMILES string of the molecule is COc1ccc2c(c1OC)C(=O)N1c3ccc(C)cc3N=C(c3ccccc3)C[C@H]21. The van der Waals surface area contributed by atoms with E-state index in [1.54, 1.807) is 14.2 Å². The Kier molecular flexibility index (Phi) is 4.31. The predicted molar refractivity (Wildman–Crippen MR) is 118 cm³/mol. The van der Waals surface area contributed by atoms with Crippen molar-refractivity contribution in [2.24, 2.45) is 4.99 Å². The fourth-order valence-electron chi connectivity index (χ4n) is 4.43. The van der Waals surface area contributed by atoms with Gasteiger partial charge in [0, 0.05) is 6.42 Å². The second-order valence-electron chi connectivity index (χ2n) is 7.58. The highest BCUT2D eigenvalue weighted by Crippen LogP contribution is 2.50. The Morgan fingerprint density at radius 3 is 2.53 bits per heavy atom. The van der Waals surface area contributed by atoms with Crippen molar-refractivity contribution >= 4 is 23.0 Å². The van der Waals surface area contributed by atoms with Crippen LogP contribution in [0.5, 0.6) is 11.5 Å². The van der Waals surface area contributed by atoms with Gasteiger partial charge in [0.05, 0.1) is 42.9 Å². The third-order valence-corrected chi connectivity index (χ3v) is 5.82. The highest BCUT2D eigenvalue weighted by Gasteiger charge is 2.43. The van der Waals surface area contributed by atoms with Crippen LogP contribution in [0, 0.1) is 6.92 Å². The summed E-state index contributed by atoms with van der Waals surface area (Å²) in [5.41, 5.74) is 6.27. The van der Waals surface area contributed by atoms with Crippen molar-refractivity contribution in [3.63, 3.8) is 0 Å². The third-order valence-electron chi connectivity index (χ3n) is 5.82. The fourth-order valence-corrected chi connectivity index (χ4v) is 4.43. The molecule has 30 heavy (non-hydrogen) atoms. The number of ether oxygens (including phenoxy) is 2. The standard InChI is InChI=1S/C25H22N2O3/c1-15-9-11-20-19(13-15)26-18(16-7-5-4-6-8-16)14-21-17-10-12-22(29-2)24(30-3)23(17)25(28)27(20)21/h4-13,21H,14H2,1-3H3/t21-/m1/s1. The normalized spacial score (nSPS) is 16.9. The molecule has 1 amide bonds. The topological polar surface area (TPSA) is 51.1 Å². The minimum absolute atomic E-state index is 0.0830. The van der Waals surface area contributed by atoms with Gasteiger partial charge in [-0.05, 0) is 41.8 Å². The zero-order valence-corrected chi connectivity index (χ0v) is 17.2. The molecule has 0 aliphatic carbocycles. The minimum atomic E-state index is -0.157. The number of anilines is 1. The molecule has 2 heterocycles. The zero-order valence-electron chi connectivity index (χ0n) is 17.2. The molecule has 0 unspecified atom stereocenters. The fraction of sp³-hybridized carbons (Fsp3) is 0.200. The number of methoxy groups -OCH3 is 2. The molecule has 3 aromatic carbocycles. The van der Waals surface area contributed by atoms with Gasteiger partial charge in [0.25, 0.3) is 5.91 Å². The van der Waals surface area contributed by atoms with Gasteiger partial charge in [0.15, 0.2) is 11.5 Å². The number of aryl methyl sites for hydroxylation is 1. The van der Waals surface area contributed by atoms with E-state index in [1.165, 1.54) is 0 Å². The number of hydrogen-bond acceptors (Lipinski definition) is 4. The lowest BCUT2D eigenvalue weighted by Crippen LogP contribution is -2.28. The second-order valence-corrected chi connectivity index (χ2v) is 7.58.